The highest BCUT2D eigenvalue weighted by Crippen LogP contribution is 2.27. The van der Waals surface area contributed by atoms with E-state index in [2.05, 4.69) is 28.7 Å². The van der Waals surface area contributed by atoms with Gasteiger partial charge >= 0.3 is 4.87 Å². The zero-order valence-corrected chi connectivity index (χ0v) is 23.2. The highest BCUT2D eigenvalue weighted by atomic mass is 35.5. The van der Waals surface area contributed by atoms with Crippen LogP contribution in [0.2, 0.25) is 5.02 Å². The second-order valence-electron chi connectivity index (χ2n) is 9.84. The smallest absolute Gasteiger partial charge is 0.308 e. The van der Waals surface area contributed by atoms with Gasteiger partial charge in [0.05, 0.1) is 21.7 Å². The molecule has 0 saturated carbocycles. The summed E-state index contributed by atoms with van der Waals surface area (Å²) in [5, 5.41) is 0.635. The molecule has 3 aromatic carbocycles. The van der Waals surface area contributed by atoms with Crippen LogP contribution in [-0.2, 0) is 16.6 Å². The Bertz CT molecular complexity index is 1560. The number of fused-ring (bicyclic) bond motifs is 1. The first-order valence-corrected chi connectivity index (χ1v) is 15.1. The summed E-state index contributed by atoms with van der Waals surface area (Å²) in [6, 6.07) is 19.9. The quantitative estimate of drug-likeness (QED) is 0.302. The van der Waals surface area contributed by atoms with Gasteiger partial charge in [-0.15, -0.1) is 0 Å². The summed E-state index contributed by atoms with van der Waals surface area (Å²) >= 11 is 7.01. The predicted octanol–water partition coefficient (Wildman–Crippen LogP) is 6.04. The largest absolute Gasteiger partial charge is 0.371 e. The third-order valence-electron chi connectivity index (χ3n) is 6.95. The number of sulfonamides is 1. The van der Waals surface area contributed by atoms with E-state index in [0.29, 0.717) is 27.7 Å². The molecular weight excluding hydrogens is 526 g/mol. The fourth-order valence-corrected chi connectivity index (χ4v) is 7.29. The minimum absolute atomic E-state index is 0.135. The van der Waals surface area contributed by atoms with E-state index in [1.165, 1.54) is 18.5 Å². The lowest BCUT2D eigenvalue weighted by Gasteiger charge is -2.33. The maximum Gasteiger partial charge on any atom is 0.308 e. The predicted molar refractivity (Wildman–Crippen MR) is 152 cm³/mol. The van der Waals surface area contributed by atoms with Crippen LogP contribution in [-0.4, -0.2) is 26.1 Å². The molecule has 0 aliphatic carbocycles. The average molecular weight is 556 g/mol. The van der Waals surface area contributed by atoms with Crippen molar-refractivity contribution < 1.29 is 8.42 Å². The molecule has 6 nitrogen and oxygen atoms in total. The molecule has 1 aliphatic heterocycles. The Morgan fingerprint density at radius 2 is 1.81 bits per heavy atom. The van der Waals surface area contributed by atoms with Crippen LogP contribution in [0.15, 0.2) is 76.4 Å². The maximum absolute atomic E-state index is 13.2. The fraction of sp³-hybridized carbons (Fsp3) is 0.321. The Balaban J connectivity index is 1.32. The van der Waals surface area contributed by atoms with Crippen LogP contribution >= 0.6 is 22.9 Å². The normalized spacial score (nSPS) is 17.3. The first-order chi connectivity index (χ1) is 17.7. The van der Waals surface area contributed by atoms with Crippen LogP contribution in [0.4, 0.5) is 5.69 Å². The molecule has 1 aromatic heterocycles. The fourth-order valence-electron chi connectivity index (χ4n) is 4.90. The summed E-state index contributed by atoms with van der Waals surface area (Å²) in [6.45, 7) is 6.63. The highest BCUT2D eigenvalue weighted by molar-refractivity contribution is 7.89. The van der Waals surface area contributed by atoms with E-state index in [0.717, 1.165) is 35.6 Å². The Labute approximate surface area is 226 Å². The molecule has 0 radical (unpaired) electrons. The second-order valence-corrected chi connectivity index (χ2v) is 13.0. The molecule has 1 N–H and O–H groups in total. The van der Waals surface area contributed by atoms with Gasteiger partial charge in [0, 0.05) is 29.8 Å². The minimum Gasteiger partial charge on any atom is -0.371 e. The minimum atomic E-state index is -3.78. The average Bonchev–Trinajstić information content (AvgIpc) is 3.19. The lowest BCUT2D eigenvalue weighted by Crippen LogP contribution is -2.34. The highest BCUT2D eigenvalue weighted by Gasteiger charge is 2.21. The first kappa shape index (κ1) is 26.0. The van der Waals surface area contributed by atoms with Crippen LogP contribution < -0.4 is 14.5 Å². The van der Waals surface area contributed by atoms with Crippen molar-refractivity contribution in [2.75, 3.05) is 18.0 Å². The molecule has 2 heterocycles. The number of anilines is 1. The standard InChI is InChI=1S/C28H30ClN3O3S2/c1-19-4-3-15-31(17-19)24-11-7-22(8-12-24)20(2)30-37(34,35)25-13-14-26-27(16-25)36-28(33)32(26)18-21-5-9-23(29)10-6-21/h5-14,16,19-20,30H,3-4,15,17-18H2,1-2H3. The van der Waals surface area contributed by atoms with Gasteiger partial charge in [0.25, 0.3) is 0 Å². The number of halogens is 1. The number of nitrogens with zero attached hydrogens (tertiary/aromatic N) is 2. The van der Waals surface area contributed by atoms with Gasteiger partial charge in [-0.2, -0.15) is 0 Å². The summed E-state index contributed by atoms with van der Waals surface area (Å²) in [5.74, 6) is 0.685. The topological polar surface area (TPSA) is 71.4 Å². The van der Waals surface area contributed by atoms with E-state index < -0.39 is 16.1 Å². The molecule has 1 fully saturated rings. The van der Waals surface area contributed by atoms with Crippen molar-refractivity contribution >= 4 is 48.9 Å². The van der Waals surface area contributed by atoms with Crippen molar-refractivity contribution in [1.29, 1.82) is 0 Å². The van der Waals surface area contributed by atoms with E-state index in [1.807, 2.05) is 31.2 Å². The van der Waals surface area contributed by atoms with Crippen molar-refractivity contribution in [3.8, 4) is 0 Å². The molecule has 0 amide bonds. The number of benzene rings is 3. The molecule has 4 aromatic rings. The van der Waals surface area contributed by atoms with Crippen LogP contribution in [0.5, 0.6) is 0 Å². The van der Waals surface area contributed by atoms with Gasteiger partial charge in [0.1, 0.15) is 0 Å². The number of hydrogen-bond acceptors (Lipinski definition) is 5. The Morgan fingerprint density at radius 1 is 1.08 bits per heavy atom. The summed E-state index contributed by atoms with van der Waals surface area (Å²) < 4.78 is 31.5. The van der Waals surface area contributed by atoms with Crippen molar-refractivity contribution in [2.45, 2.75) is 44.2 Å². The van der Waals surface area contributed by atoms with E-state index in [9.17, 15) is 13.2 Å². The summed E-state index contributed by atoms with van der Waals surface area (Å²) in [7, 11) is -3.78. The third-order valence-corrected chi connectivity index (χ3v) is 9.68. The van der Waals surface area contributed by atoms with Gasteiger partial charge < -0.3 is 4.90 Å². The van der Waals surface area contributed by atoms with Crippen LogP contribution in [0.1, 0.15) is 43.9 Å². The molecular formula is C28H30ClN3O3S2. The van der Waals surface area contributed by atoms with Crippen molar-refractivity contribution in [3.05, 3.63) is 92.5 Å². The molecule has 0 spiro atoms. The van der Waals surface area contributed by atoms with E-state index >= 15 is 0 Å². The van der Waals surface area contributed by atoms with E-state index in [1.54, 1.807) is 34.9 Å². The molecule has 0 bridgehead atoms. The number of aromatic nitrogens is 1. The molecule has 2 atom stereocenters. The monoisotopic (exact) mass is 555 g/mol. The number of piperidine rings is 1. The van der Waals surface area contributed by atoms with E-state index in [-0.39, 0.29) is 9.77 Å². The number of nitrogens with one attached hydrogen (secondary N) is 1. The van der Waals surface area contributed by atoms with Gasteiger partial charge in [0.15, 0.2) is 0 Å². The number of hydrogen-bond donors (Lipinski definition) is 1. The molecule has 2 unspecified atom stereocenters. The molecule has 1 aliphatic rings. The molecule has 194 valence electrons. The molecule has 37 heavy (non-hydrogen) atoms. The summed E-state index contributed by atoms with van der Waals surface area (Å²) in [4.78, 5) is 15.1. The van der Waals surface area contributed by atoms with Crippen molar-refractivity contribution in [2.24, 2.45) is 5.92 Å². The third kappa shape index (κ3) is 5.77. The lowest BCUT2D eigenvalue weighted by molar-refractivity contribution is 0.447. The van der Waals surface area contributed by atoms with Gasteiger partial charge in [-0.05, 0) is 79.3 Å². The molecule has 1 saturated heterocycles. The Morgan fingerprint density at radius 3 is 2.51 bits per heavy atom. The van der Waals surface area contributed by atoms with Crippen LogP contribution in [0.25, 0.3) is 10.2 Å². The molecule has 9 heteroatoms. The van der Waals surface area contributed by atoms with Crippen LogP contribution in [0, 0.1) is 5.92 Å². The van der Waals surface area contributed by atoms with Crippen LogP contribution in [0.3, 0.4) is 0 Å². The van der Waals surface area contributed by atoms with Crippen molar-refractivity contribution in [1.82, 2.24) is 9.29 Å². The number of rotatable bonds is 7. The zero-order valence-electron chi connectivity index (χ0n) is 20.9. The van der Waals surface area contributed by atoms with Gasteiger partial charge in [-0.3, -0.25) is 9.36 Å². The summed E-state index contributed by atoms with van der Waals surface area (Å²) in [5.41, 5.74) is 3.73. The molecule has 5 rings (SSSR count). The van der Waals surface area contributed by atoms with E-state index in [4.69, 9.17) is 11.6 Å². The number of thiazole rings is 1. The van der Waals surface area contributed by atoms with Gasteiger partial charge in [-0.1, -0.05) is 54.1 Å². The Kier molecular flexibility index (Phi) is 7.45. The lowest BCUT2D eigenvalue weighted by atomic mass is 9.99. The maximum atomic E-state index is 13.2. The summed E-state index contributed by atoms with van der Waals surface area (Å²) in [6.07, 6.45) is 2.46. The SMILES string of the molecule is CC1CCCN(c2ccc(C(C)NS(=O)(=O)c3ccc4c(c3)sc(=O)n4Cc3ccc(Cl)cc3)cc2)C1. The second kappa shape index (κ2) is 10.6. The van der Waals surface area contributed by atoms with Gasteiger partial charge in [0.2, 0.25) is 10.0 Å². The Hall–Kier alpha value is -2.65. The first-order valence-electron chi connectivity index (χ1n) is 12.4. The van der Waals surface area contributed by atoms with Crippen molar-refractivity contribution in [3.63, 3.8) is 0 Å². The van der Waals surface area contributed by atoms with Gasteiger partial charge in [-0.25, -0.2) is 13.1 Å². The zero-order chi connectivity index (χ0) is 26.2.